The molecule has 5 heteroatoms. The lowest BCUT2D eigenvalue weighted by molar-refractivity contribution is -0.384. The van der Waals surface area contributed by atoms with Gasteiger partial charge in [-0.1, -0.05) is 28.8 Å². The van der Waals surface area contributed by atoms with Gasteiger partial charge in [0.15, 0.2) is 0 Å². The Morgan fingerprint density at radius 3 is 2.88 bits per heavy atom. The van der Waals surface area contributed by atoms with Crippen molar-refractivity contribution in [1.29, 1.82) is 0 Å². The maximum Gasteiger partial charge on any atom is 0.293 e. The van der Waals surface area contributed by atoms with Crippen LogP contribution < -0.4 is 5.32 Å². The Balaban J connectivity index is 2.02. The summed E-state index contributed by atoms with van der Waals surface area (Å²) in [6.07, 6.45) is 3.72. The van der Waals surface area contributed by atoms with Crippen molar-refractivity contribution >= 4 is 27.3 Å². The van der Waals surface area contributed by atoms with E-state index in [-0.39, 0.29) is 10.6 Å². The van der Waals surface area contributed by atoms with Crippen molar-refractivity contribution in [2.24, 2.45) is 5.92 Å². The first-order valence-electron chi connectivity index (χ1n) is 5.34. The van der Waals surface area contributed by atoms with E-state index in [1.54, 1.807) is 6.07 Å². The highest BCUT2D eigenvalue weighted by Crippen LogP contribution is 2.33. The zero-order chi connectivity index (χ0) is 11.5. The fraction of sp³-hybridized carbons (Fsp3) is 0.455. The molecule has 0 aromatic heterocycles. The first-order valence-corrected chi connectivity index (χ1v) is 6.14. The van der Waals surface area contributed by atoms with Crippen LogP contribution in [0.4, 0.5) is 11.4 Å². The van der Waals surface area contributed by atoms with Crippen LogP contribution in [0.15, 0.2) is 22.7 Å². The summed E-state index contributed by atoms with van der Waals surface area (Å²) in [5, 5.41) is 14.0. The highest BCUT2D eigenvalue weighted by molar-refractivity contribution is 9.10. The van der Waals surface area contributed by atoms with Crippen molar-refractivity contribution in [2.45, 2.75) is 19.3 Å². The summed E-state index contributed by atoms with van der Waals surface area (Å²) in [6, 6.07) is 5.08. The number of nitro groups is 1. The minimum Gasteiger partial charge on any atom is -0.379 e. The third-order valence-corrected chi connectivity index (χ3v) is 3.21. The Kier molecular flexibility index (Phi) is 3.43. The molecule has 0 amide bonds. The fourth-order valence-electron chi connectivity index (χ4n) is 1.62. The summed E-state index contributed by atoms with van der Waals surface area (Å²) in [5.41, 5.74) is 0.735. The maximum absolute atomic E-state index is 10.8. The molecule has 16 heavy (non-hydrogen) atoms. The Morgan fingerprint density at radius 1 is 1.50 bits per heavy atom. The smallest absolute Gasteiger partial charge is 0.293 e. The monoisotopic (exact) mass is 284 g/mol. The SMILES string of the molecule is O=[N+]([O-])c1cc(Br)ccc1NCCC1CC1. The average Bonchev–Trinajstić information content (AvgIpc) is 3.04. The summed E-state index contributed by atoms with van der Waals surface area (Å²) in [6.45, 7) is 0.813. The van der Waals surface area contributed by atoms with Gasteiger partial charge in [0.2, 0.25) is 0 Å². The van der Waals surface area contributed by atoms with E-state index in [1.807, 2.05) is 6.07 Å². The number of rotatable bonds is 5. The van der Waals surface area contributed by atoms with Crippen molar-refractivity contribution in [1.82, 2.24) is 0 Å². The number of hydrogen-bond donors (Lipinski definition) is 1. The Hall–Kier alpha value is -1.10. The lowest BCUT2D eigenvalue weighted by Crippen LogP contribution is -2.04. The molecule has 1 aliphatic carbocycles. The van der Waals surface area contributed by atoms with Gasteiger partial charge in [-0.2, -0.15) is 0 Å². The van der Waals surface area contributed by atoms with Crippen molar-refractivity contribution in [3.63, 3.8) is 0 Å². The normalized spacial score (nSPS) is 14.8. The van der Waals surface area contributed by atoms with Gasteiger partial charge in [-0.3, -0.25) is 10.1 Å². The summed E-state index contributed by atoms with van der Waals surface area (Å²) in [7, 11) is 0. The van der Waals surface area contributed by atoms with E-state index < -0.39 is 0 Å². The second-order valence-corrected chi connectivity index (χ2v) is 4.99. The first-order chi connectivity index (χ1) is 7.66. The molecule has 1 aromatic carbocycles. The Morgan fingerprint density at radius 2 is 2.25 bits per heavy atom. The van der Waals surface area contributed by atoms with Gasteiger partial charge < -0.3 is 5.32 Å². The van der Waals surface area contributed by atoms with Gasteiger partial charge in [0.1, 0.15) is 5.69 Å². The zero-order valence-electron chi connectivity index (χ0n) is 8.78. The van der Waals surface area contributed by atoms with Gasteiger partial charge >= 0.3 is 0 Å². The highest BCUT2D eigenvalue weighted by Gasteiger charge is 2.21. The highest BCUT2D eigenvalue weighted by atomic mass is 79.9. The third kappa shape index (κ3) is 2.95. The molecule has 1 saturated carbocycles. The summed E-state index contributed by atoms with van der Waals surface area (Å²) in [5.74, 6) is 0.835. The van der Waals surface area contributed by atoms with E-state index in [9.17, 15) is 10.1 Å². The van der Waals surface area contributed by atoms with Gasteiger partial charge in [-0.25, -0.2) is 0 Å². The summed E-state index contributed by atoms with van der Waals surface area (Å²) >= 11 is 3.23. The van der Waals surface area contributed by atoms with Gasteiger partial charge in [0.05, 0.1) is 4.92 Å². The molecule has 0 aliphatic heterocycles. The Bertz CT molecular complexity index is 405. The average molecular weight is 285 g/mol. The largest absolute Gasteiger partial charge is 0.379 e. The van der Waals surface area contributed by atoms with E-state index in [1.165, 1.54) is 18.9 Å². The molecule has 4 nitrogen and oxygen atoms in total. The van der Waals surface area contributed by atoms with Crippen molar-refractivity contribution < 1.29 is 4.92 Å². The third-order valence-electron chi connectivity index (χ3n) is 2.72. The van der Waals surface area contributed by atoms with Gasteiger partial charge in [-0.05, 0) is 24.5 Å². The van der Waals surface area contributed by atoms with Crippen molar-refractivity contribution in [2.75, 3.05) is 11.9 Å². The van der Waals surface area contributed by atoms with Crippen LogP contribution >= 0.6 is 15.9 Å². The van der Waals surface area contributed by atoms with E-state index in [2.05, 4.69) is 21.2 Å². The molecule has 0 unspecified atom stereocenters. The molecule has 1 fully saturated rings. The molecule has 1 aliphatic rings. The second-order valence-electron chi connectivity index (χ2n) is 4.08. The molecule has 1 aromatic rings. The van der Waals surface area contributed by atoms with Crippen LogP contribution in [-0.2, 0) is 0 Å². The van der Waals surface area contributed by atoms with Crippen LogP contribution in [0.2, 0.25) is 0 Å². The molecule has 2 rings (SSSR count). The van der Waals surface area contributed by atoms with Crippen LogP contribution in [0.25, 0.3) is 0 Å². The van der Waals surface area contributed by atoms with Crippen LogP contribution in [0.1, 0.15) is 19.3 Å². The molecule has 0 heterocycles. The van der Waals surface area contributed by atoms with Crippen LogP contribution in [0.3, 0.4) is 0 Å². The number of hydrogen-bond acceptors (Lipinski definition) is 3. The van der Waals surface area contributed by atoms with Gasteiger partial charge in [0, 0.05) is 17.1 Å². The minimum absolute atomic E-state index is 0.130. The number of nitrogens with zero attached hydrogens (tertiary/aromatic N) is 1. The molecular weight excluding hydrogens is 272 g/mol. The maximum atomic E-state index is 10.8. The number of halogens is 1. The predicted octanol–water partition coefficient (Wildman–Crippen LogP) is 3.57. The molecule has 1 N–H and O–H groups in total. The van der Waals surface area contributed by atoms with Crippen molar-refractivity contribution in [3.05, 3.63) is 32.8 Å². The molecular formula is C11H13BrN2O2. The van der Waals surface area contributed by atoms with Crippen LogP contribution in [0, 0.1) is 16.0 Å². The predicted molar refractivity (Wildman–Crippen MR) is 66.6 cm³/mol. The quantitative estimate of drug-likeness (QED) is 0.664. The second kappa shape index (κ2) is 4.82. The number of nitro benzene ring substituents is 1. The van der Waals surface area contributed by atoms with E-state index >= 15 is 0 Å². The number of nitrogens with one attached hydrogen (secondary N) is 1. The van der Waals surface area contributed by atoms with E-state index in [0.29, 0.717) is 5.69 Å². The lowest BCUT2D eigenvalue weighted by atomic mass is 10.2. The van der Waals surface area contributed by atoms with Crippen LogP contribution in [-0.4, -0.2) is 11.5 Å². The summed E-state index contributed by atoms with van der Waals surface area (Å²) in [4.78, 5) is 10.5. The lowest BCUT2D eigenvalue weighted by Gasteiger charge is -2.06. The van der Waals surface area contributed by atoms with Gasteiger partial charge in [-0.15, -0.1) is 0 Å². The minimum atomic E-state index is -0.357. The first kappa shape index (κ1) is 11.4. The molecule has 0 atom stereocenters. The van der Waals surface area contributed by atoms with E-state index in [0.717, 1.165) is 23.4 Å². The molecule has 86 valence electrons. The Labute approximate surface area is 102 Å². The van der Waals surface area contributed by atoms with Crippen LogP contribution in [0.5, 0.6) is 0 Å². The van der Waals surface area contributed by atoms with E-state index in [4.69, 9.17) is 0 Å². The topological polar surface area (TPSA) is 55.2 Å². The standard InChI is InChI=1S/C11H13BrN2O2/c12-9-3-4-10(11(7-9)14(15)16)13-6-5-8-1-2-8/h3-4,7-8,13H,1-2,5-6H2. The van der Waals surface area contributed by atoms with Crippen molar-refractivity contribution in [3.8, 4) is 0 Å². The molecule has 0 saturated heterocycles. The molecule has 0 bridgehead atoms. The number of anilines is 1. The molecule has 0 spiro atoms. The fourth-order valence-corrected chi connectivity index (χ4v) is 1.97. The molecule has 0 radical (unpaired) electrons. The van der Waals surface area contributed by atoms with Gasteiger partial charge in [0.25, 0.3) is 5.69 Å². The number of benzene rings is 1. The summed E-state index contributed by atoms with van der Waals surface area (Å²) < 4.78 is 0.729. The zero-order valence-corrected chi connectivity index (χ0v) is 10.4.